The molecule has 0 saturated carbocycles. The van der Waals surface area contributed by atoms with Gasteiger partial charge in [-0.05, 0) is 79.6 Å². The molecule has 1 aliphatic heterocycles. The van der Waals surface area contributed by atoms with E-state index in [0.717, 1.165) is 39.3 Å². The Balaban J connectivity index is 1.68. The summed E-state index contributed by atoms with van der Waals surface area (Å²) in [5.74, 6) is 3.12. The highest BCUT2D eigenvalue weighted by Crippen LogP contribution is 2.47. The number of aryl methyl sites for hydroxylation is 1. The maximum absolute atomic E-state index is 13.3. The van der Waals surface area contributed by atoms with Crippen LogP contribution in [0.4, 0.5) is 0 Å². The molecule has 5 nitrogen and oxygen atoms in total. The summed E-state index contributed by atoms with van der Waals surface area (Å²) in [6.07, 6.45) is 3.51. The van der Waals surface area contributed by atoms with Crippen LogP contribution in [-0.4, -0.2) is 26.6 Å². The van der Waals surface area contributed by atoms with Crippen LogP contribution in [0.3, 0.4) is 0 Å². The number of methoxy groups -OCH3 is 2. The largest absolute Gasteiger partial charge is 0.494 e. The summed E-state index contributed by atoms with van der Waals surface area (Å²) in [5, 5.41) is 0. The van der Waals surface area contributed by atoms with Crippen molar-refractivity contribution in [2.45, 2.75) is 19.8 Å². The number of carbonyl (C=O) groups is 1. The van der Waals surface area contributed by atoms with Gasteiger partial charge in [0.1, 0.15) is 17.3 Å². The highest BCUT2D eigenvalue weighted by molar-refractivity contribution is 6.05. The molecule has 0 unspecified atom stereocenters. The molecule has 5 heteroatoms. The van der Waals surface area contributed by atoms with E-state index in [-0.39, 0.29) is 11.7 Å². The van der Waals surface area contributed by atoms with Crippen LogP contribution in [-0.2, 0) is 0 Å². The van der Waals surface area contributed by atoms with Crippen molar-refractivity contribution in [1.29, 1.82) is 0 Å². The lowest BCUT2D eigenvalue weighted by Gasteiger charge is -2.31. The predicted octanol–water partition coefficient (Wildman–Crippen LogP) is 7.79. The van der Waals surface area contributed by atoms with Gasteiger partial charge < -0.3 is 18.9 Å². The van der Waals surface area contributed by atoms with Crippen molar-refractivity contribution < 1.29 is 23.7 Å². The zero-order valence-corrected chi connectivity index (χ0v) is 23.1. The molecule has 1 heterocycles. The minimum Gasteiger partial charge on any atom is -0.494 e. The molecule has 1 aliphatic rings. The summed E-state index contributed by atoms with van der Waals surface area (Å²) in [4.78, 5) is 13.3. The Hall–Kier alpha value is -4.77. The number of allylic oxidation sites excluding steroid dienone is 3. The Kier molecular flexibility index (Phi) is 8.02. The fourth-order valence-electron chi connectivity index (χ4n) is 5.04. The first-order valence-electron chi connectivity index (χ1n) is 13.3. The number of hydrogen-bond donors (Lipinski definition) is 0. The van der Waals surface area contributed by atoms with Gasteiger partial charge in [0.15, 0.2) is 17.3 Å². The van der Waals surface area contributed by atoms with Gasteiger partial charge >= 0.3 is 0 Å². The lowest BCUT2D eigenvalue weighted by molar-refractivity contribution is 0.104. The molecule has 4 aromatic carbocycles. The normalized spacial score (nSPS) is 14.4. The molecule has 0 aliphatic carbocycles. The Morgan fingerprint density at radius 3 is 2.25 bits per heavy atom. The molecule has 0 radical (unpaired) electrons. The predicted molar refractivity (Wildman–Crippen MR) is 158 cm³/mol. The van der Waals surface area contributed by atoms with Crippen molar-refractivity contribution >= 4 is 11.5 Å². The average molecular weight is 533 g/mol. The SMILES string of the molecule is CCOc1ccc(C(=O)/C=C/C2=C(c3ccc(OC)c(OC)c3)Oc3ccccc3[C@H]2c2ccccc2C)cc1. The lowest BCUT2D eigenvalue weighted by atomic mass is 9.79. The van der Waals surface area contributed by atoms with Crippen LogP contribution in [0.2, 0.25) is 0 Å². The van der Waals surface area contributed by atoms with Gasteiger partial charge in [-0.1, -0.05) is 48.5 Å². The first kappa shape index (κ1) is 26.8. The molecule has 0 N–H and O–H groups in total. The number of rotatable bonds is 9. The number of fused-ring (bicyclic) bond motifs is 1. The van der Waals surface area contributed by atoms with E-state index < -0.39 is 0 Å². The Labute approximate surface area is 235 Å². The van der Waals surface area contributed by atoms with Gasteiger partial charge in [-0.25, -0.2) is 0 Å². The topological polar surface area (TPSA) is 54.0 Å². The van der Waals surface area contributed by atoms with Crippen LogP contribution < -0.4 is 18.9 Å². The third-order valence-electron chi connectivity index (χ3n) is 7.02. The third-order valence-corrected chi connectivity index (χ3v) is 7.02. The summed E-state index contributed by atoms with van der Waals surface area (Å²) < 4.78 is 23.2. The molecule has 1 atom stereocenters. The van der Waals surface area contributed by atoms with Gasteiger partial charge in [0.05, 0.1) is 20.8 Å². The van der Waals surface area contributed by atoms with Gasteiger partial charge in [0, 0.05) is 28.2 Å². The molecule has 0 bridgehead atoms. The van der Waals surface area contributed by atoms with Gasteiger partial charge in [-0.2, -0.15) is 0 Å². The van der Waals surface area contributed by atoms with E-state index in [9.17, 15) is 4.79 Å². The second kappa shape index (κ2) is 12.0. The Morgan fingerprint density at radius 1 is 0.850 bits per heavy atom. The molecular weight excluding hydrogens is 500 g/mol. The standard InChI is InChI=1S/C35H32O5/c1-5-39-26-17-14-24(15-18-26)30(36)20-19-29-34(27-11-7-6-10-23(27)2)28-12-8-9-13-31(28)40-35(29)25-16-21-32(37-3)33(22-25)38-4/h6-22,34H,5H2,1-4H3/b20-19+/t34-/m1/s1. The summed E-state index contributed by atoms with van der Waals surface area (Å²) in [6.45, 7) is 4.61. The maximum Gasteiger partial charge on any atom is 0.185 e. The van der Waals surface area contributed by atoms with Crippen LogP contribution >= 0.6 is 0 Å². The first-order chi connectivity index (χ1) is 19.5. The van der Waals surface area contributed by atoms with E-state index in [2.05, 4.69) is 25.1 Å². The van der Waals surface area contributed by atoms with Crippen molar-refractivity contribution in [3.63, 3.8) is 0 Å². The van der Waals surface area contributed by atoms with Crippen molar-refractivity contribution in [2.24, 2.45) is 0 Å². The van der Waals surface area contributed by atoms with E-state index in [1.807, 2.05) is 73.7 Å². The van der Waals surface area contributed by atoms with Crippen molar-refractivity contribution in [3.8, 4) is 23.0 Å². The van der Waals surface area contributed by atoms with Crippen LogP contribution in [0.5, 0.6) is 23.0 Å². The van der Waals surface area contributed by atoms with Crippen LogP contribution in [0.1, 0.15) is 45.5 Å². The number of hydrogen-bond acceptors (Lipinski definition) is 5. The second-order valence-corrected chi connectivity index (χ2v) is 9.44. The first-order valence-corrected chi connectivity index (χ1v) is 13.3. The zero-order chi connectivity index (χ0) is 28.1. The number of para-hydroxylation sites is 1. The van der Waals surface area contributed by atoms with E-state index >= 15 is 0 Å². The molecule has 0 saturated heterocycles. The van der Waals surface area contributed by atoms with Crippen molar-refractivity contribution in [3.05, 3.63) is 137 Å². The lowest BCUT2D eigenvalue weighted by Crippen LogP contribution is -2.16. The molecule has 0 amide bonds. The maximum atomic E-state index is 13.3. The second-order valence-electron chi connectivity index (χ2n) is 9.44. The Morgan fingerprint density at radius 2 is 1.55 bits per heavy atom. The molecule has 0 spiro atoms. The molecule has 202 valence electrons. The number of ketones is 1. The van der Waals surface area contributed by atoms with Gasteiger partial charge in [0.25, 0.3) is 0 Å². The fourth-order valence-corrected chi connectivity index (χ4v) is 5.04. The molecular formula is C35H32O5. The highest BCUT2D eigenvalue weighted by atomic mass is 16.5. The van der Waals surface area contributed by atoms with Crippen LogP contribution in [0, 0.1) is 6.92 Å². The van der Waals surface area contributed by atoms with E-state index in [0.29, 0.717) is 29.4 Å². The molecule has 0 aromatic heterocycles. The number of ether oxygens (including phenoxy) is 4. The number of carbonyl (C=O) groups excluding carboxylic acids is 1. The molecule has 40 heavy (non-hydrogen) atoms. The third kappa shape index (κ3) is 5.36. The van der Waals surface area contributed by atoms with E-state index in [4.69, 9.17) is 18.9 Å². The molecule has 5 rings (SSSR count). The number of benzene rings is 4. The summed E-state index contributed by atoms with van der Waals surface area (Å²) >= 11 is 0. The van der Waals surface area contributed by atoms with Crippen molar-refractivity contribution in [2.75, 3.05) is 20.8 Å². The quantitative estimate of drug-likeness (QED) is 0.163. The average Bonchev–Trinajstić information content (AvgIpc) is 2.99. The van der Waals surface area contributed by atoms with Gasteiger partial charge in [-0.3, -0.25) is 4.79 Å². The fraction of sp³-hybridized carbons (Fsp3) is 0.171. The summed E-state index contributed by atoms with van der Waals surface area (Å²) in [6, 6.07) is 29.3. The highest BCUT2D eigenvalue weighted by Gasteiger charge is 2.31. The summed E-state index contributed by atoms with van der Waals surface area (Å²) in [5.41, 5.74) is 5.61. The van der Waals surface area contributed by atoms with Crippen molar-refractivity contribution in [1.82, 2.24) is 0 Å². The van der Waals surface area contributed by atoms with Gasteiger partial charge in [0.2, 0.25) is 0 Å². The molecule has 0 fully saturated rings. The van der Waals surface area contributed by atoms with Gasteiger partial charge in [-0.15, -0.1) is 0 Å². The molecule has 4 aromatic rings. The monoisotopic (exact) mass is 532 g/mol. The van der Waals surface area contributed by atoms with E-state index in [1.54, 1.807) is 32.4 Å². The van der Waals surface area contributed by atoms with Crippen LogP contribution in [0.25, 0.3) is 5.76 Å². The minimum absolute atomic E-state index is 0.107. The smallest absolute Gasteiger partial charge is 0.185 e. The Bertz CT molecular complexity index is 1580. The summed E-state index contributed by atoms with van der Waals surface area (Å²) in [7, 11) is 3.22. The van der Waals surface area contributed by atoms with E-state index in [1.165, 1.54) is 0 Å². The minimum atomic E-state index is -0.154. The zero-order valence-electron chi connectivity index (χ0n) is 23.1. The van der Waals surface area contributed by atoms with Crippen LogP contribution in [0.15, 0.2) is 109 Å².